The van der Waals surface area contributed by atoms with Gasteiger partial charge in [0.15, 0.2) is 0 Å². The van der Waals surface area contributed by atoms with Gasteiger partial charge in [-0.25, -0.2) is 0 Å². The summed E-state index contributed by atoms with van der Waals surface area (Å²) in [5, 5.41) is 0.0713. The van der Waals surface area contributed by atoms with E-state index in [0.29, 0.717) is 11.7 Å². The minimum absolute atomic E-state index is 0.0713. The van der Waals surface area contributed by atoms with Gasteiger partial charge in [-0.2, -0.15) is 0 Å². The molecule has 16 heavy (non-hydrogen) atoms. The van der Waals surface area contributed by atoms with E-state index in [1.165, 1.54) is 5.56 Å². The van der Waals surface area contributed by atoms with Crippen LogP contribution >= 0.6 is 11.6 Å². The first-order valence-corrected chi connectivity index (χ1v) is 6.36. The van der Waals surface area contributed by atoms with Gasteiger partial charge in [0.05, 0.1) is 5.38 Å². The first-order valence-electron chi connectivity index (χ1n) is 5.92. The van der Waals surface area contributed by atoms with Crippen molar-refractivity contribution < 1.29 is 4.79 Å². The van der Waals surface area contributed by atoms with E-state index in [1.807, 2.05) is 6.92 Å². The molecule has 1 unspecified atom stereocenters. The molecule has 0 bridgehead atoms. The Kier molecular flexibility index (Phi) is 3.65. The van der Waals surface area contributed by atoms with Crippen LogP contribution in [0.25, 0.3) is 0 Å². The number of carbonyl (C=O) groups excluding carboxylic acids is 1. The summed E-state index contributed by atoms with van der Waals surface area (Å²) < 4.78 is 0. The molecule has 1 nitrogen and oxygen atoms in total. The average molecular weight is 237 g/mol. The summed E-state index contributed by atoms with van der Waals surface area (Å²) in [5.41, 5.74) is 2.52. The van der Waals surface area contributed by atoms with Crippen LogP contribution in [0.15, 0.2) is 24.3 Å². The van der Waals surface area contributed by atoms with E-state index in [2.05, 4.69) is 24.3 Å². The molecule has 0 aromatic heterocycles. The van der Waals surface area contributed by atoms with Gasteiger partial charge in [0.2, 0.25) is 0 Å². The molecule has 1 saturated carbocycles. The second-order valence-electron chi connectivity index (χ2n) is 4.60. The fourth-order valence-corrected chi connectivity index (χ4v) is 2.45. The first-order chi connectivity index (χ1) is 7.66. The first kappa shape index (κ1) is 11.7. The van der Waals surface area contributed by atoms with Crippen molar-refractivity contribution in [3.05, 3.63) is 35.4 Å². The molecule has 0 N–H and O–H groups in total. The fourth-order valence-electron chi connectivity index (χ4n) is 2.31. The average Bonchev–Trinajstić information content (AvgIpc) is 2.30. The Hall–Kier alpha value is -0.820. The van der Waals surface area contributed by atoms with E-state index in [9.17, 15) is 4.79 Å². The van der Waals surface area contributed by atoms with Gasteiger partial charge in [-0.05, 0) is 36.8 Å². The maximum absolute atomic E-state index is 11.2. The van der Waals surface area contributed by atoms with Gasteiger partial charge < -0.3 is 0 Å². The van der Waals surface area contributed by atoms with Crippen LogP contribution in [-0.2, 0) is 4.79 Å². The molecule has 0 radical (unpaired) electrons. The highest BCUT2D eigenvalue weighted by Gasteiger charge is 2.19. The molecule has 1 aliphatic carbocycles. The zero-order valence-electron chi connectivity index (χ0n) is 9.58. The van der Waals surface area contributed by atoms with E-state index in [1.54, 1.807) is 0 Å². The van der Waals surface area contributed by atoms with E-state index >= 15 is 0 Å². The highest BCUT2D eigenvalue weighted by atomic mass is 35.5. The van der Waals surface area contributed by atoms with Crippen molar-refractivity contribution >= 4 is 17.4 Å². The lowest BCUT2D eigenvalue weighted by Crippen LogP contribution is -2.12. The van der Waals surface area contributed by atoms with Gasteiger partial charge in [-0.15, -0.1) is 11.6 Å². The minimum atomic E-state index is 0.0713. The number of carbonyl (C=O) groups is 1. The highest BCUT2D eigenvalue weighted by Crippen LogP contribution is 2.32. The molecule has 1 aromatic rings. The molecule has 1 fully saturated rings. The van der Waals surface area contributed by atoms with Gasteiger partial charge in [0, 0.05) is 12.8 Å². The van der Waals surface area contributed by atoms with Crippen LogP contribution < -0.4 is 0 Å². The van der Waals surface area contributed by atoms with Crippen molar-refractivity contribution in [1.29, 1.82) is 0 Å². The molecule has 2 heteroatoms. The van der Waals surface area contributed by atoms with Crippen molar-refractivity contribution in [3.63, 3.8) is 0 Å². The number of halogens is 1. The van der Waals surface area contributed by atoms with Crippen LogP contribution in [0.4, 0.5) is 0 Å². The Morgan fingerprint density at radius 2 is 1.75 bits per heavy atom. The summed E-state index contributed by atoms with van der Waals surface area (Å²) in [7, 11) is 0. The smallest absolute Gasteiger partial charge is 0.132 e. The molecule has 0 heterocycles. The monoisotopic (exact) mass is 236 g/mol. The van der Waals surface area contributed by atoms with E-state index < -0.39 is 0 Å². The third-order valence-electron chi connectivity index (χ3n) is 3.41. The second-order valence-corrected chi connectivity index (χ2v) is 5.25. The van der Waals surface area contributed by atoms with E-state index in [0.717, 1.165) is 31.2 Å². The van der Waals surface area contributed by atoms with Crippen LogP contribution in [0.1, 0.15) is 55.0 Å². The molecule has 1 atom stereocenters. The van der Waals surface area contributed by atoms with Crippen molar-refractivity contribution in [2.24, 2.45) is 0 Å². The molecule has 0 amide bonds. The lowest BCUT2D eigenvalue weighted by atomic mass is 9.83. The summed E-state index contributed by atoms with van der Waals surface area (Å²) in [5.74, 6) is 0.986. The van der Waals surface area contributed by atoms with Crippen LogP contribution in [0.5, 0.6) is 0 Å². The third kappa shape index (κ3) is 2.65. The largest absolute Gasteiger partial charge is 0.300 e. The number of ketones is 1. The van der Waals surface area contributed by atoms with Crippen molar-refractivity contribution in [2.75, 3.05) is 0 Å². The number of hydrogen-bond donors (Lipinski definition) is 0. The van der Waals surface area contributed by atoms with Crippen molar-refractivity contribution in [1.82, 2.24) is 0 Å². The van der Waals surface area contributed by atoms with Crippen LogP contribution in [-0.4, -0.2) is 5.78 Å². The number of rotatable bonds is 2. The van der Waals surface area contributed by atoms with Crippen LogP contribution in [0.2, 0.25) is 0 Å². The molecular weight excluding hydrogens is 220 g/mol. The molecule has 0 spiro atoms. The summed E-state index contributed by atoms with van der Waals surface area (Å²) in [6.07, 6.45) is 3.51. The maximum Gasteiger partial charge on any atom is 0.132 e. The Bertz CT molecular complexity index is 357. The summed E-state index contributed by atoms with van der Waals surface area (Å²) in [6.45, 7) is 1.98. The van der Waals surface area contributed by atoms with Gasteiger partial charge in [0.25, 0.3) is 0 Å². The Morgan fingerprint density at radius 3 is 2.25 bits per heavy atom. The molecule has 1 aliphatic rings. The predicted octanol–water partition coefficient (Wildman–Crippen LogP) is 4.21. The summed E-state index contributed by atoms with van der Waals surface area (Å²) >= 11 is 6.02. The number of alkyl halides is 1. The highest BCUT2D eigenvalue weighted by molar-refractivity contribution is 6.20. The quantitative estimate of drug-likeness (QED) is 0.703. The lowest BCUT2D eigenvalue weighted by molar-refractivity contribution is -0.120. The number of Topliss-reactive ketones (excluding diaryl/α,β-unsaturated/α-hetero) is 1. The summed E-state index contributed by atoms with van der Waals surface area (Å²) in [4.78, 5) is 11.2. The Labute approximate surface area is 102 Å². The van der Waals surface area contributed by atoms with Gasteiger partial charge in [0.1, 0.15) is 5.78 Å². The molecule has 1 aromatic carbocycles. The van der Waals surface area contributed by atoms with Gasteiger partial charge >= 0.3 is 0 Å². The molecule has 0 aliphatic heterocycles. The zero-order chi connectivity index (χ0) is 11.5. The normalized spacial score (nSPS) is 19.8. The number of hydrogen-bond acceptors (Lipinski definition) is 1. The lowest BCUT2D eigenvalue weighted by Gasteiger charge is -2.21. The minimum Gasteiger partial charge on any atom is -0.300 e. The maximum atomic E-state index is 11.2. The van der Waals surface area contributed by atoms with Crippen LogP contribution in [0, 0.1) is 0 Å². The van der Waals surface area contributed by atoms with Gasteiger partial charge in [-0.1, -0.05) is 24.3 Å². The Morgan fingerprint density at radius 1 is 1.19 bits per heavy atom. The predicted molar refractivity (Wildman–Crippen MR) is 66.9 cm³/mol. The van der Waals surface area contributed by atoms with Crippen molar-refractivity contribution in [3.8, 4) is 0 Å². The zero-order valence-corrected chi connectivity index (χ0v) is 10.3. The van der Waals surface area contributed by atoms with Crippen LogP contribution in [0.3, 0.4) is 0 Å². The molecule has 86 valence electrons. The molecular formula is C14H17ClO. The van der Waals surface area contributed by atoms with Gasteiger partial charge in [-0.3, -0.25) is 4.79 Å². The standard InChI is InChI=1S/C14H17ClO/c1-10(15)11-2-4-12(5-3-11)13-6-8-14(16)9-7-13/h2-5,10,13H,6-9H2,1H3. The fraction of sp³-hybridized carbons (Fsp3) is 0.500. The van der Waals surface area contributed by atoms with E-state index in [-0.39, 0.29) is 5.38 Å². The topological polar surface area (TPSA) is 17.1 Å². The second kappa shape index (κ2) is 5.01. The molecule has 0 saturated heterocycles. The Balaban J connectivity index is 2.07. The third-order valence-corrected chi connectivity index (χ3v) is 3.66. The SMILES string of the molecule is CC(Cl)c1ccc(C2CCC(=O)CC2)cc1. The van der Waals surface area contributed by atoms with Crippen molar-refractivity contribution in [2.45, 2.75) is 43.9 Å². The van der Waals surface area contributed by atoms with E-state index in [4.69, 9.17) is 11.6 Å². The number of benzene rings is 1. The molecule has 2 rings (SSSR count). The summed E-state index contributed by atoms with van der Waals surface area (Å²) in [6, 6.07) is 8.52.